The summed E-state index contributed by atoms with van der Waals surface area (Å²) in [4.78, 5) is 16.6. The molecule has 2 aromatic rings. The molecule has 0 atom stereocenters. The number of nitrogens with one attached hydrogen (secondary N) is 2. The van der Waals surface area contributed by atoms with E-state index in [0.717, 1.165) is 12.8 Å². The number of alkyl halides is 1. The lowest BCUT2D eigenvalue weighted by Gasteiger charge is -2.33. The van der Waals surface area contributed by atoms with Crippen LogP contribution in [0, 0.1) is 11.3 Å². The van der Waals surface area contributed by atoms with Gasteiger partial charge in [0.2, 0.25) is 5.95 Å². The van der Waals surface area contributed by atoms with E-state index in [-0.39, 0.29) is 12.6 Å². The molecular formula is C20H26FN7O. The molecule has 1 aliphatic carbocycles. The molecule has 0 radical (unpaired) electrons. The van der Waals surface area contributed by atoms with E-state index in [0.29, 0.717) is 41.4 Å². The third-order valence-electron chi connectivity index (χ3n) is 5.10. The fourth-order valence-electron chi connectivity index (χ4n) is 3.43. The number of halogens is 1. The van der Waals surface area contributed by atoms with E-state index in [1.165, 1.54) is 26.4 Å². The van der Waals surface area contributed by atoms with Gasteiger partial charge < -0.3 is 15.7 Å². The first-order valence-electron chi connectivity index (χ1n) is 9.66. The van der Waals surface area contributed by atoms with Crippen LogP contribution in [-0.2, 0) is 12.2 Å². The van der Waals surface area contributed by atoms with Crippen molar-refractivity contribution in [3.05, 3.63) is 35.5 Å². The molecule has 1 fully saturated rings. The van der Waals surface area contributed by atoms with Gasteiger partial charge in [0.25, 0.3) is 0 Å². The van der Waals surface area contributed by atoms with Gasteiger partial charge in [-0.2, -0.15) is 10.2 Å². The Morgan fingerprint density at radius 2 is 2.03 bits per heavy atom. The third-order valence-corrected chi connectivity index (χ3v) is 5.10. The summed E-state index contributed by atoms with van der Waals surface area (Å²) in [6.45, 7) is 4.99. The minimum Gasteiger partial charge on any atom is -0.390 e. The van der Waals surface area contributed by atoms with Crippen LogP contribution in [0.5, 0.6) is 0 Å². The van der Waals surface area contributed by atoms with Gasteiger partial charge >= 0.3 is 0 Å². The predicted molar refractivity (Wildman–Crippen MR) is 107 cm³/mol. The number of rotatable bonds is 6. The summed E-state index contributed by atoms with van der Waals surface area (Å²) in [5, 5.41) is 25.8. The molecule has 3 rings (SSSR count). The minimum absolute atomic E-state index is 0.131. The summed E-state index contributed by atoms with van der Waals surface area (Å²) in [5.41, 5.74) is -0.964. The first kappa shape index (κ1) is 20.9. The zero-order valence-corrected chi connectivity index (χ0v) is 16.9. The largest absolute Gasteiger partial charge is 0.390 e. The molecule has 3 N–H and O–H groups in total. The van der Waals surface area contributed by atoms with Gasteiger partial charge in [-0.15, -0.1) is 0 Å². The van der Waals surface area contributed by atoms with Crippen molar-refractivity contribution in [2.24, 2.45) is 0 Å². The van der Waals surface area contributed by atoms with Crippen LogP contribution in [0.15, 0.2) is 18.7 Å². The molecule has 0 amide bonds. The summed E-state index contributed by atoms with van der Waals surface area (Å²) < 4.78 is 14.4. The quantitative estimate of drug-likeness (QED) is 0.678. The van der Waals surface area contributed by atoms with Crippen LogP contribution in [0.2, 0.25) is 0 Å². The van der Waals surface area contributed by atoms with Crippen molar-refractivity contribution in [3.8, 4) is 6.07 Å². The maximum absolute atomic E-state index is 14.4. The van der Waals surface area contributed by atoms with Crippen LogP contribution in [0.4, 0.5) is 16.2 Å². The molecule has 2 heterocycles. The Morgan fingerprint density at radius 1 is 1.31 bits per heavy atom. The lowest BCUT2D eigenvalue weighted by molar-refractivity contribution is 0.0196. The maximum Gasteiger partial charge on any atom is 0.224 e. The highest BCUT2D eigenvalue weighted by Gasteiger charge is 2.29. The molecule has 154 valence electrons. The van der Waals surface area contributed by atoms with E-state index < -0.39 is 11.3 Å². The Morgan fingerprint density at radius 3 is 2.69 bits per heavy atom. The highest BCUT2D eigenvalue weighted by Crippen LogP contribution is 2.30. The molecule has 8 nitrogen and oxygen atoms in total. The molecule has 0 aliphatic heterocycles. The third kappa shape index (κ3) is 5.35. The summed E-state index contributed by atoms with van der Waals surface area (Å²) in [6.07, 6.45) is 7.31. The number of aliphatic hydroxyl groups is 1. The Balaban J connectivity index is 1.72. The van der Waals surface area contributed by atoms with E-state index in [2.05, 4.69) is 36.6 Å². The first-order chi connectivity index (χ1) is 13.7. The van der Waals surface area contributed by atoms with Gasteiger partial charge in [-0.3, -0.25) is 0 Å². The van der Waals surface area contributed by atoms with Gasteiger partial charge in [-0.25, -0.2) is 19.3 Å². The summed E-state index contributed by atoms with van der Waals surface area (Å²) >= 11 is 0. The molecule has 0 aromatic carbocycles. The van der Waals surface area contributed by atoms with Crippen LogP contribution < -0.4 is 10.6 Å². The van der Waals surface area contributed by atoms with Crippen LogP contribution in [0.3, 0.4) is 0 Å². The molecule has 0 unspecified atom stereocenters. The van der Waals surface area contributed by atoms with Gasteiger partial charge in [0.05, 0.1) is 17.5 Å². The van der Waals surface area contributed by atoms with Crippen LogP contribution in [0.25, 0.3) is 0 Å². The van der Waals surface area contributed by atoms with Crippen LogP contribution in [0.1, 0.15) is 63.3 Å². The SMILES string of the molecule is CC1(O)CCC(Nc2nc(NCc3cncnc3C(C)(C)F)ncc2C#N)CC1. The number of anilines is 2. The van der Waals surface area contributed by atoms with Crippen molar-refractivity contribution in [2.75, 3.05) is 10.6 Å². The van der Waals surface area contributed by atoms with E-state index >= 15 is 0 Å². The fourth-order valence-corrected chi connectivity index (χ4v) is 3.43. The zero-order chi connectivity index (χ0) is 21.1. The van der Waals surface area contributed by atoms with Gasteiger partial charge in [-0.05, 0) is 46.5 Å². The molecular weight excluding hydrogens is 373 g/mol. The van der Waals surface area contributed by atoms with E-state index in [1.54, 1.807) is 6.20 Å². The second-order valence-electron chi connectivity index (χ2n) is 8.21. The summed E-state index contributed by atoms with van der Waals surface area (Å²) in [7, 11) is 0. The highest BCUT2D eigenvalue weighted by molar-refractivity contribution is 5.54. The van der Waals surface area contributed by atoms with E-state index in [9.17, 15) is 14.8 Å². The second kappa shape index (κ2) is 8.25. The number of hydrogen-bond acceptors (Lipinski definition) is 8. The number of nitrogens with zero attached hydrogens (tertiary/aromatic N) is 5. The topological polar surface area (TPSA) is 120 Å². The van der Waals surface area contributed by atoms with Gasteiger partial charge in [-0.1, -0.05) is 0 Å². The molecule has 1 aliphatic rings. The Labute approximate surface area is 169 Å². The van der Waals surface area contributed by atoms with E-state index in [1.807, 2.05) is 6.92 Å². The van der Waals surface area contributed by atoms with Crippen molar-refractivity contribution >= 4 is 11.8 Å². The number of nitriles is 1. The molecule has 1 saturated carbocycles. The molecule has 0 bridgehead atoms. The molecule has 29 heavy (non-hydrogen) atoms. The monoisotopic (exact) mass is 399 g/mol. The lowest BCUT2D eigenvalue weighted by atomic mass is 9.83. The van der Waals surface area contributed by atoms with Gasteiger partial charge in [0.1, 0.15) is 29.4 Å². The summed E-state index contributed by atoms with van der Waals surface area (Å²) in [6, 6.07) is 2.23. The van der Waals surface area contributed by atoms with Crippen molar-refractivity contribution in [2.45, 2.75) is 70.3 Å². The van der Waals surface area contributed by atoms with Crippen molar-refractivity contribution < 1.29 is 9.50 Å². The van der Waals surface area contributed by atoms with E-state index in [4.69, 9.17) is 0 Å². The fraction of sp³-hybridized carbons (Fsp3) is 0.550. The second-order valence-corrected chi connectivity index (χ2v) is 8.21. The Bertz CT molecular complexity index is 894. The number of aromatic nitrogens is 4. The van der Waals surface area contributed by atoms with Gasteiger partial charge in [0, 0.05) is 24.3 Å². The Kier molecular flexibility index (Phi) is 5.94. The predicted octanol–water partition coefficient (Wildman–Crippen LogP) is 3.06. The van der Waals surface area contributed by atoms with Crippen molar-refractivity contribution in [3.63, 3.8) is 0 Å². The number of hydrogen-bond donors (Lipinski definition) is 3. The minimum atomic E-state index is -1.60. The molecule has 0 spiro atoms. The molecule has 9 heteroatoms. The molecule has 0 saturated heterocycles. The smallest absolute Gasteiger partial charge is 0.224 e. The maximum atomic E-state index is 14.4. The zero-order valence-electron chi connectivity index (χ0n) is 16.9. The van der Waals surface area contributed by atoms with Gasteiger partial charge in [0.15, 0.2) is 0 Å². The van der Waals surface area contributed by atoms with Crippen LogP contribution >= 0.6 is 0 Å². The molecule has 2 aromatic heterocycles. The standard InChI is InChI=1S/C20H26FN7O/c1-19(2,21)16-14(9-23-12-26-16)11-25-18-24-10-13(8-22)17(28-18)27-15-4-6-20(3,29)7-5-15/h9-10,12,15,29H,4-7,11H2,1-3H3,(H2,24,25,27,28). The normalized spacial score (nSPS) is 22.0. The summed E-state index contributed by atoms with van der Waals surface area (Å²) in [5.74, 6) is 0.771. The average molecular weight is 399 g/mol. The van der Waals surface area contributed by atoms with Crippen LogP contribution in [-0.4, -0.2) is 36.7 Å². The Hall–Kier alpha value is -2.86. The van der Waals surface area contributed by atoms with Crippen molar-refractivity contribution in [1.82, 2.24) is 19.9 Å². The van der Waals surface area contributed by atoms with Crippen molar-refractivity contribution in [1.29, 1.82) is 5.26 Å². The highest BCUT2D eigenvalue weighted by atomic mass is 19.1. The lowest BCUT2D eigenvalue weighted by Crippen LogP contribution is -2.36. The average Bonchev–Trinajstić information content (AvgIpc) is 2.68. The first-order valence-corrected chi connectivity index (χ1v) is 9.66.